The predicted molar refractivity (Wildman–Crippen MR) is 65.1 cm³/mol. The molecule has 3 heterocycles. The molecule has 1 saturated heterocycles. The number of thioether (sulfide) groups is 1. The first-order valence-corrected chi connectivity index (χ1v) is 6.65. The Kier molecular flexibility index (Phi) is 2.47. The molecule has 4 nitrogen and oxygen atoms in total. The molecule has 0 bridgehead atoms. The van der Waals surface area contributed by atoms with Crippen LogP contribution in [0.5, 0.6) is 0 Å². The molecule has 2 aromatic rings. The van der Waals surface area contributed by atoms with Gasteiger partial charge >= 0.3 is 0 Å². The second kappa shape index (κ2) is 3.97. The van der Waals surface area contributed by atoms with Crippen LogP contribution in [-0.2, 0) is 0 Å². The molecule has 0 aromatic carbocycles. The number of hydrogen-bond donors (Lipinski definition) is 1. The van der Waals surface area contributed by atoms with Gasteiger partial charge in [-0.25, -0.2) is 4.40 Å². The Morgan fingerprint density at radius 1 is 1.50 bits per heavy atom. The van der Waals surface area contributed by atoms with E-state index < -0.39 is 0 Å². The molecule has 3 rings (SSSR count). The highest BCUT2D eigenvalue weighted by atomic mass is 32.2. The van der Waals surface area contributed by atoms with E-state index in [0.717, 1.165) is 23.6 Å². The zero-order chi connectivity index (χ0) is 11.0. The average Bonchev–Trinajstić information content (AvgIpc) is 2.75. The number of rotatable bonds is 1. The predicted octanol–water partition coefficient (Wildman–Crippen LogP) is 1.63. The fourth-order valence-electron chi connectivity index (χ4n) is 2.20. The van der Waals surface area contributed by atoms with Crippen molar-refractivity contribution in [3.63, 3.8) is 0 Å². The first-order chi connectivity index (χ1) is 7.86. The molecular formula is C11H13N3OS. The summed E-state index contributed by atoms with van der Waals surface area (Å²) in [6.45, 7) is 0. The van der Waals surface area contributed by atoms with Gasteiger partial charge in [-0.2, -0.15) is 16.9 Å². The lowest BCUT2D eigenvalue weighted by Gasteiger charge is -2.19. The van der Waals surface area contributed by atoms with Gasteiger partial charge in [0.2, 0.25) is 0 Å². The van der Waals surface area contributed by atoms with Gasteiger partial charge in [-0.15, -0.1) is 0 Å². The van der Waals surface area contributed by atoms with E-state index in [-0.39, 0.29) is 5.56 Å². The fraction of sp³-hybridized carbons (Fsp3) is 0.455. The summed E-state index contributed by atoms with van der Waals surface area (Å²) in [5.41, 5.74) is 0.801. The lowest BCUT2D eigenvalue weighted by Crippen LogP contribution is -2.18. The molecule has 1 aliphatic heterocycles. The van der Waals surface area contributed by atoms with Crippen LogP contribution in [0, 0.1) is 0 Å². The maximum Gasteiger partial charge on any atom is 0.257 e. The van der Waals surface area contributed by atoms with Crippen molar-refractivity contribution in [2.45, 2.75) is 18.8 Å². The zero-order valence-electron chi connectivity index (χ0n) is 8.85. The Balaban J connectivity index is 2.12. The second-order valence-electron chi connectivity index (χ2n) is 4.08. The summed E-state index contributed by atoms with van der Waals surface area (Å²) in [4.78, 5) is 11.8. The quantitative estimate of drug-likeness (QED) is 0.817. The summed E-state index contributed by atoms with van der Waals surface area (Å²) in [5.74, 6) is 3.61. The summed E-state index contributed by atoms with van der Waals surface area (Å²) in [5, 5.41) is 7.23. The minimum atomic E-state index is 0.0109. The van der Waals surface area contributed by atoms with Crippen molar-refractivity contribution in [1.29, 1.82) is 0 Å². The number of aromatic nitrogens is 3. The normalized spacial score (nSPS) is 21.4. The van der Waals surface area contributed by atoms with E-state index in [9.17, 15) is 4.79 Å². The molecule has 1 atom stereocenters. The summed E-state index contributed by atoms with van der Waals surface area (Å²) in [7, 11) is 0. The maximum absolute atomic E-state index is 11.8. The van der Waals surface area contributed by atoms with Crippen LogP contribution in [0.3, 0.4) is 0 Å². The molecule has 0 amide bonds. The number of nitrogens with zero attached hydrogens (tertiary/aromatic N) is 2. The van der Waals surface area contributed by atoms with E-state index in [1.807, 2.05) is 17.8 Å². The Labute approximate surface area is 97.1 Å². The maximum atomic E-state index is 11.8. The number of H-pyrrole nitrogens is 1. The number of aromatic amines is 1. The highest BCUT2D eigenvalue weighted by molar-refractivity contribution is 7.99. The Morgan fingerprint density at radius 2 is 2.44 bits per heavy atom. The summed E-state index contributed by atoms with van der Waals surface area (Å²) >= 11 is 1.95. The van der Waals surface area contributed by atoms with Gasteiger partial charge in [0.05, 0.1) is 0 Å². The highest BCUT2D eigenvalue weighted by Gasteiger charge is 2.21. The summed E-state index contributed by atoms with van der Waals surface area (Å²) in [6, 6.07) is 5.23. The standard InChI is InChI=1S/C11H13N3OS/c15-10-5-1-4-9-12-13-11(14(9)10)8-3-2-6-16-7-8/h1,4-5,8,12H,2-3,6-7H2. The second-order valence-corrected chi connectivity index (χ2v) is 5.23. The summed E-state index contributed by atoms with van der Waals surface area (Å²) in [6.07, 6.45) is 2.35. The van der Waals surface area contributed by atoms with Gasteiger partial charge in [-0.05, 0) is 24.7 Å². The lowest BCUT2D eigenvalue weighted by molar-refractivity contribution is 0.614. The molecule has 84 valence electrons. The SMILES string of the molecule is O=c1cccc2[nH]nc(C3CCCSC3)n12. The number of nitrogens with one attached hydrogen (secondary N) is 1. The third-order valence-electron chi connectivity index (χ3n) is 2.99. The Bertz CT molecular complexity index is 554. The number of pyridine rings is 1. The van der Waals surface area contributed by atoms with Gasteiger partial charge < -0.3 is 0 Å². The van der Waals surface area contributed by atoms with Gasteiger partial charge in [0.15, 0.2) is 0 Å². The average molecular weight is 235 g/mol. The van der Waals surface area contributed by atoms with E-state index in [2.05, 4.69) is 10.2 Å². The third-order valence-corrected chi connectivity index (χ3v) is 4.21. The molecule has 1 N–H and O–H groups in total. The molecule has 0 radical (unpaired) electrons. The van der Waals surface area contributed by atoms with Crippen LogP contribution < -0.4 is 5.56 Å². The van der Waals surface area contributed by atoms with E-state index in [4.69, 9.17) is 0 Å². The van der Waals surface area contributed by atoms with Gasteiger partial charge in [-0.1, -0.05) is 6.07 Å². The topological polar surface area (TPSA) is 50.2 Å². The third kappa shape index (κ3) is 1.55. The fourth-order valence-corrected chi connectivity index (χ4v) is 3.33. The van der Waals surface area contributed by atoms with Crippen LogP contribution in [0.4, 0.5) is 0 Å². The molecule has 0 saturated carbocycles. The summed E-state index contributed by atoms with van der Waals surface area (Å²) < 4.78 is 1.70. The van der Waals surface area contributed by atoms with Crippen molar-refractivity contribution in [2.75, 3.05) is 11.5 Å². The van der Waals surface area contributed by atoms with Crippen molar-refractivity contribution in [2.24, 2.45) is 0 Å². The number of hydrogen-bond acceptors (Lipinski definition) is 3. The number of fused-ring (bicyclic) bond motifs is 1. The van der Waals surface area contributed by atoms with Crippen molar-refractivity contribution < 1.29 is 0 Å². The highest BCUT2D eigenvalue weighted by Crippen LogP contribution is 2.29. The van der Waals surface area contributed by atoms with Crippen LogP contribution in [0.2, 0.25) is 0 Å². The zero-order valence-corrected chi connectivity index (χ0v) is 9.67. The van der Waals surface area contributed by atoms with Crippen LogP contribution in [0.1, 0.15) is 24.6 Å². The molecule has 0 spiro atoms. The first kappa shape index (κ1) is 9.96. The molecular weight excluding hydrogens is 222 g/mol. The van der Waals surface area contributed by atoms with Crippen LogP contribution >= 0.6 is 11.8 Å². The van der Waals surface area contributed by atoms with E-state index in [1.54, 1.807) is 16.5 Å². The minimum Gasteiger partial charge on any atom is -0.269 e. The van der Waals surface area contributed by atoms with Gasteiger partial charge in [0.25, 0.3) is 5.56 Å². The minimum absolute atomic E-state index is 0.0109. The van der Waals surface area contributed by atoms with Crippen LogP contribution in [-0.4, -0.2) is 26.1 Å². The molecule has 1 fully saturated rings. The molecule has 1 unspecified atom stereocenters. The first-order valence-electron chi connectivity index (χ1n) is 5.50. The van der Waals surface area contributed by atoms with Gasteiger partial charge in [-0.3, -0.25) is 9.89 Å². The lowest BCUT2D eigenvalue weighted by atomic mass is 10.1. The van der Waals surface area contributed by atoms with Crippen molar-refractivity contribution >= 4 is 17.4 Å². The molecule has 5 heteroatoms. The van der Waals surface area contributed by atoms with Crippen LogP contribution in [0.15, 0.2) is 23.0 Å². The van der Waals surface area contributed by atoms with Crippen molar-refractivity contribution in [3.8, 4) is 0 Å². The van der Waals surface area contributed by atoms with Crippen molar-refractivity contribution in [1.82, 2.24) is 14.6 Å². The largest absolute Gasteiger partial charge is 0.269 e. The molecule has 0 aliphatic carbocycles. The van der Waals surface area contributed by atoms with Crippen molar-refractivity contribution in [3.05, 3.63) is 34.4 Å². The molecule has 2 aromatic heterocycles. The molecule has 16 heavy (non-hydrogen) atoms. The van der Waals surface area contributed by atoms with Crippen LogP contribution in [0.25, 0.3) is 5.65 Å². The van der Waals surface area contributed by atoms with E-state index >= 15 is 0 Å². The van der Waals surface area contributed by atoms with Gasteiger partial charge in [0, 0.05) is 17.7 Å². The van der Waals surface area contributed by atoms with Gasteiger partial charge in [0.1, 0.15) is 11.5 Å². The Morgan fingerprint density at radius 3 is 3.25 bits per heavy atom. The Hall–Kier alpha value is -1.23. The molecule has 1 aliphatic rings. The smallest absolute Gasteiger partial charge is 0.257 e. The van der Waals surface area contributed by atoms with E-state index in [1.165, 1.54) is 12.2 Å². The van der Waals surface area contributed by atoms with E-state index in [0.29, 0.717) is 5.92 Å². The monoisotopic (exact) mass is 235 g/mol.